The quantitative estimate of drug-likeness (QED) is 0.884. The zero-order valence-corrected chi connectivity index (χ0v) is 12.7. The van der Waals surface area contributed by atoms with Crippen molar-refractivity contribution in [2.24, 2.45) is 5.92 Å². The molecule has 0 saturated carbocycles. The monoisotopic (exact) mass is 259 g/mol. The minimum atomic E-state index is -0.0720. The first-order valence-corrected chi connectivity index (χ1v) is 7.20. The number of hydrogen-bond donors (Lipinski definition) is 1. The highest BCUT2D eigenvalue weighted by molar-refractivity contribution is 5.81. The van der Waals surface area contributed by atoms with Crippen LogP contribution >= 0.6 is 0 Å². The van der Waals surface area contributed by atoms with Gasteiger partial charge in [-0.1, -0.05) is 44.5 Å². The first-order valence-electron chi connectivity index (χ1n) is 7.20. The molecule has 2 rings (SSSR count). The molecule has 0 aliphatic carbocycles. The maximum Gasteiger partial charge on any atom is 0.221 e. The van der Waals surface area contributed by atoms with Crippen LogP contribution in [0.5, 0.6) is 0 Å². The van der Waals surface area contributed by atoms with Crippen LogP contribution in [0.25, 0.3) is 0 Å². The van der Waals surface area contributed by atoms with Crippen LogP contribution in [0.3, 0.4) is 0 Å². The topological polar surface area (TPSA) is 29.1 Å². The number of carbonyl (C=O) groups excluding carboxylic acids is 1. The third-order valence-corrected chi connectivity index (χ3v) is 4.35. The molecular weight excluding hydrogens is 234 g/mol. The molecule has 1 heterocycles. The van der Waals surface area contributed by atoms with Gasteiger partial charge in [-0.15, -0.1) is 0 Å². The number of rotatable bonds is 3. The molecule has 2 nitrogen and oxygen atoms in total. The van der Waals surface area contributed by atoms with Crippen LogP contribution in [0, 0.1) is 19.8 Å². The van der Waals surface area contributed by atoms with Crippen molar-refractivity contribution in [2.75, 3.05) is 0 Å². The Morgan fingerprint density at radius 1 is 1.37 bits per heavy atom. The number of benzene rings is 1. The van der Waals surface area contributed by atoms with Crippen LogP contribution in [-0.4, -0.2) is 11.9 Å². The molecule has 0 bridgehead atoms. The van der Waals surface area contributed by atoms with Gasteiger partial charge < -0.3 is 5.32 Å². The molecule has 0 aromatic heterocycles. The van der Waals surface area contributed by atoms with Crippen molar-refractivity contribution >= 4 is 5.91 Å². The van der Waals surface area contributed by atoms with E-state index in [1.54, 1.807) is 0 Å². The van der Waals surface area contributed by atoms with E-state index in [4.69, 9.17) is 0 Å². The minimum Gasteiger partial charge on any atom is -0.352 e. The highest BCUT2D eigenvalue weighted by Gasteiger charge is 2.45. The van der Waals surface area contributed by atoms with E-state index in [9.17, 15) is 4.79 Å². The van der Waals surface area contributed by atoms with Gasteiger partial charge in [0.25, 0.3) is 0 Å². The molecule has 1 fully saturated rings. The molecule has 1 aliphatic rings. The van der Waals surface area contributed by atoms with Gasteiger partial charge in [0.2, 0.25) is 5.91 Å². The zero-order chi connectivity index (χ0) is 14.2. The normalized spacial score (nSPS) is 26.8. The fourth-order valence-corrected chi connectivity index (χ4v) is 3.29. The van der Waals surface area contributed by atoms with Gasteiger partial charge in [-0.25, -0.2) is 0 Å². The summed E-state index contributed by atoms with van der Waals surface area (Å²) >= 11 is 0. The first-order chi connectivity index (χ1) is 8.83. The second-order valence-corrected chi connectivity index (χ2v) is 6.66. The number of nitrogens with one attached hydrogen (secondary N) is 1. The predicted octanol–water partition coefficient (Wildman–Crippen LogP) is 3.50. The van der Waals surface area contributed by atoms with E-state index in [1.165, 1.54) is 16.7 Å². The van der Waals surface area contributed by atoms with Gasteiger partial charge in [-0.2, -0.15) is 0 Å². The summed E-state index contributed by atoms with van der Waals surface area (Å²) in [6, 6.07) is 6.82. The summed E-state index contributed by atoms with van der Waals surface area (Å²) in [5.74, 6) is 0.780. The maximum absolute atomic E-state index is 11.9. The molecule has 2 heteroatoms. The van der Waals surface area contributed by atoms with Gasteiger partial charge in [0.15, 0.2) is 0 Å². The van der Waals surface area contributed by atoms with E-state index in [2.05, 4.69) is 58.1 Å². The Bertz CT molecular complexity index is 492. The van der Waals surface area contributed by atoms with E-state index < -0.39 is 0 Å². The van der Waals surface area contributed by atoms with Gasteiger partial charge in [0, 0.05) is 17.9 Å². The summed E-state index contributed by atoms with van der Waals surface area (Å²) in [7, 11) is 0. The Morgan fingerprint density at radius 2 is 2.05 bits per heavy atom. The molecule has 0 radical (unpaired) electrons. The largest absolute Gasteiger partial charge is 0.352 e. The average Bonchev–Trinajstić information content (AvgIpc) is 2.57. The average molecular weight is 259 g/mol. The van der Waals surface area contributed by atoms with Gasteiger partial charge in [-0.3, -0.25) is 4.79 Å². The molecule has 1 aromatic rings. The number of hydrogen-bond acceptors (Lipinski definition) is 1. The van der Waals surface area contributed by atoms with Crippen LogP contribution in [0.4, 0.5) is 0 Å². The second-order valence-electron chi connectivity index (χ2n) is 6.66. The molecule has 2 atom stereocenters. The second kappa shape index (κ2) is 4.99. The molecule has 1 amide bonds. The minimum absolute atomic E-state index is 0.0720. The molecule has 0 spiro atoms. The van der Waals surface area contributed by atoms with Gasteiger partial charge in [0.05, 0.1) is 0 Å². The van der Waals surface area contributed by atoms with Crippen LogP contribution < -0.4 is 5.32 Å². The van der Waals surface area contributed by atoms with Crippen molar-refractivity contribution in [3.05, 3.63) is 34.9 Å². The molecular formula is C17H25NO. The van der Waals surface area contributed by atoms with Crippen LogP contribution in [0.15, 0.2) is 18.2 Å². The summed E-state index contributed by atoms with van der Waals surface area (Å²) < 4.78 is 0. The summed E-state index contributed by atoms with van der Waals surface area (Å²) in [5, 5.41) is 3.18. The van der Waals surface area contributed by atoms with Crippen LogP contribution in [0.2, 0.25) is 0 Å². The highest BCUT2D eigenvalue weighted by atomic mass is 16.2. The van der Waals surface area contributed by atoms with E-state index in [0.29, 0.717) is 12.3 Å². The smallest absolute Gasteiger partial charge is 0.221 e. The maximum atomic E-state index is 11.9. The van der Waals surface area contributed by atoms with Gasteiger partial charge >= 0.3 is 0 Å². The third kappa shape index (κ3) is 2.68. The van der Waals surface area contributed by atoms with Crippen LogP contribution in [0.1, 0.15) is 50.3 Å². The van der Waals surface area contributed by atoms with E-state index in [-0.39, 0.29) is 17.4 Å². The fourth-order valence-electron chi connectivity index (χ4n) is 3.29. The van der Waals surface area contributed by atoms with Crippen molar-refractivity contribution in [2.45, 2.75) is 58.9 Å². The van der Waals surface area contributed by atoms with Gasteiger partial charge in [0.1, 0.15) is 0 Å². The van der Waals surface area contributed by atoms with E-state index in [1.807, 2.05) is 0 Å². The van der Waals surface area contributed by atoms with Crippen molar-refractivity contribution in [3.63, 3.8) is 0 Å². The summed E-state index contributed by atoms with van der Waals surface area (Å²) in [6.07, 6.45) is 1.64. The molecule has 2 unspecified atom stereocenters. The lowest BCUT2D eigenvalue weighted by Gasteiger charge is -2.33. The SMILES string of the molecule is Cc1ccc(C)c(C2(C)CC(=O)NC2CC(C)C)c1. The molecule has 1 aromatic carbocycles. The first kappa shape index (κ1) is 14.1. The van der Waals surface area contributed by atoms with E-state index >= 15 is 0 Å². The third-order valence-electron chi connectivity index (χ3n) is 4.35. The van der Waals surface area contributed by atoms with Crippen molar-refractivity contribution in [1.82, 2.24) is 5.32 Å². The standard InChI is InChI=1S/C17H25NO/c1-11(2)8-15-17(5,10-16(19)18-15)14-9-12(3)6-7-13(14)4/h6-7,9,11,15H,8,10H2,1-5H3,(H,18,19). The summed E-state index contributed by atoms with van der Waals surface area (Å²) in [4.78, 5) is 11.9. The predicted molar refractivity (Wildman–Crippen MR) is 79.3 cm³/mol. The van der Waals surface area contributed by atoms with Crippen molar-refractivity contribution in [3.8, 4) is 0 Å². The lowest BCUT2D eigenvalue weighted by atomic mass is 9.72. The van der Waals surface area contributed by atoms with Gasteiger partial charge in [-0.05, 0) is 37.3 Å². The van der Waals surface area contributed by atoms with E-state index in [0.717, 1.165) is 6.42 Å². The Hall–Kier alpha value is -1.31. The number of amides is 1. The fraction of sp³-hybridized carbons (Fsp3) is 0.588. The Kier molecular flexibility index (Phi) is 3.71. The highest BCUT2D eigenvalue weighted by Crippen LogP contribution is 2.40. The molecule has 104 valence electrons. The lowest BCUT2D eigenvalue weighted by molar-refractivity contribution is -0.119. The van der Waals surface area contributed by atoms with Crippen LogP contribution in [-0.2, 0) is 10.2 Å². The molecule has 19 heavy (non-hydrogen) atoms. The van der Waals surface area contributed by atoms with Crippen molar-refractivity contribution < 1.29 is 4.79 Å². The lowest BCUT2D eigenvalue weighted by Crippen LogP contribution is -2.39. The number of aryl methyl sites for hydroxylation is 2. The Balaban J connectivity index is 2.43. The Labute approximate surface area is 116 Å². The molecule has 1 N–H and O–H groups in total. The Morgan fingerprint density at radius 3 is 2.68 bits per heavy atom. The zero-order valence-electron chi connectivity index (χ0n) is 12.7. The summed E-state index contributed by atoms with van der Waals surface area (Å²) in [6.45, 7) is 10.9. The number of carbonyl (C=O) groups is 1. The molecule has 1 aliphatic heterocycles. The molecule has 1 saturated heterocycles. The summed E-state index contributed by atoms with van der Waals surface area (Å²) in [5.41, 5.74) is 3.82. The van der Waals surface area contributed by atoms with Crippen molar-refractivity contribution in [1.29, 1.82) is 0 Å².